The summed E-state index contributed by atoms with van der Waals surface area (Å²) in [5.41, 5.74) is 3.71. The number of carbonyl (C=O) groups excluding carboxylic acids is 1. The van der Waals surface area contributed by atoms with Crippen molar-refractivity contribution in [2.24, 2.45) is 4.99 Å². The van der Waals surface area contributed by atoms with Crippen molar-refractivity contribution in [2.45, 2.75) is 0 Å². The number of oxazole rings is 1. The van der Waals surface area contributed by atoms with Crippen LogP contribution in [0.5, 0.6) is 5.75 Å². The van der Waals surface area contributed by atoms with Crippen molar-refractivity contribution in [1.82, 2.24) is 4.98 Å². The number of fused-ring (bicyclic) bond motifs is 1. The number of aromatic nitrogens is 1. The number of rotatable bonds is 5. The third-order valence-electron chi connectivity index (χ3n) is 5.10. The molecule has 0 amide bonds. The zero-order valence-electron chi connectivity index (χ0n) is 17.9. The maximum atomic E-state index is 12.3. The van der Waals surface area contributed by atoms with Crippen LogP contribution in [0.4, 0.5) is 5.69 Å². The van der Waals surface area contributed by atoms with Crippen LogP contribution in [0.1, 0.15) is 15.9 Å². The summed E-state index contributed by atoms with van der Waals surface area (Å²) >= 11 is 18.4. The van der Waals surface area contributed by atoms with Crippen LogP contribution in [-0.4, -0.2) is 17.2 Å². The lowest BCUT2D eigenvalue weighted by molar-refractivity contribution is 0.0735. The van der Waals surface area contributed by atoms with Crippen molar-refractivity contribution in [3.05, 3.63) is 111 Å². The fourth-order valence-electron chi connectivity index (χ4n) is 3.34. The van der Waals surface area contributed by atoms with Crippen LogP contribution in [0.3, 0.4) is 0 Å². The molecule has 0 aliphatic rings. The molecule has 0 unspecified atom stereocenters. The summed E-state index contributed by atoms with van der Waals surface area (Å²) in [4.78, 5) is 21.3. The van der Waals surface area contributed by atoms with E-state index in [0.717, 1.165) is 5.56 Å². The van der Waals surface area contributed by atoms with Gasteiger partial charge in [0, 0.05) is 6.21 Å². The first-order chi connectivity index (χ1) is 17.0. The molecule has 5 aromatic rings. The predicted molar refractivity (Wildman–Crippen MR) is 140 cm³/mol. The van der Waals surface area contributed by atoms with Gasteiger partial charge in [-0.3, -0.25) is 4.99 Å². The van der Waals surface area contributed by atoms with E-state index in [1.807, 2.05) is 12.1 Å². The summed E-state index contributed by atoms with van der Waals surface area (Å²) in [5, 5.41) is 1.16. The molecule has 1 heterocycles. The number of hydrogen-bond acceptors (Lipinski definition) is 5. The van der Waals surface area contributed by atoms with Gasteiger partial charge in [-0.1, -0.05) is 53.0 Å². The average Bonchev–Trinajstić information content (AvgIpc) is 3.28. The first-order valence-corrected chi connectivity index (χ1v) is 11.6. The van der Waals surface area contributed by atoms with Crippen molar-refractivity contribution >= 4 is 63.8 Å². The van der Waals surface area contributed by atoms with E-state index in [0.29, 0.717) is 54.6 Å². The molecule has 5 rings (SSSR count). The maximum absolute atomic E-state index is 12.3. The fraction of sp³-hybridized carbons (Fsp3) is 0. The van der Waals surface area contributed by atoms with Gasteiger partial charge in [-0.25, -0.2) is 9.78 Å². The summed E-state index contributed by atoms with van der Waals surface area (Å²) in [6.07, 6.45) is 1.70. The Morgan fingerprint density at radius 1 is 0.886 bits per heavy atom. The Bertz CT molecular complexity index is 1580. The van der Waals surface area contributed by atoms with Crippen molar-refractivity contribution < 1.29 is 13.9 Å². The van der Waals surface area contributed by atoms with E-state index >= 15 is 0 Å². The molecule has 0 spiro atoms. The van der Waals surface area contributed by atoms with E-state index in [2.05, 4.69) is 9.98 Å². The highest BCUT2D eigenvalue weighted by atomic mass is 35.5. The molecular weight excluding hydrogens is 507 g/mol. The topological polar surface area (TPSA) is 64.7 Å². The number of esters is 1. The van der Waals surface area contributed by atoms with E-state index in [1.54, 1.807) is 79.0 Å². The molecule has 0 saturated carbocycles. The van der Waals surface area contributed by atoms with E-state index in [-0.39, 0.29) is 0 Å². The van der Waals surface area contributed by atoms with Gasteiger partial charge in [0.25, 0.3) is 0 Å². The first-order valence-electron chi connectivity index (χ1n) is 10.4. The van der Waals surface area contributed by atoms with Crippen LogP contribution in [0, 0.1) is 0 Å². The zero-order chi connectivity index (χ0) is 24.4. The molecule has 0 fully saturated rings. The number of benzene rings is 4. The van der Waals surface area contributed by atoms with Crippen LogP contribution in [0.15, 0.2) is 94.3 Å². The Morgan fingerprint density at radius 2 is 1.66 bits per heavy atom. The summed E-state index contributed by atoms with van der Waals surface area (Å²) < 4.78 is 11.2. The maximum Gasteiger partial charge on any atom is 0.345 e. The lowest BCUT2D eigenvalue weighted by atomic mass is 10.2. The Balaban J connectivity index is 1.31. The number of aliphatic imine (C=N–C) groups is 1. The summed E-state index contributed by atoms with van der Waals surface area (Å²) in [7, 11) is 0. The van der Waals surface area contributed by atoms with Crippen LogP contribution in [-0.2, 0) is 0 Å². The third-order valence-corrected chi connectivity index (χ3v) is 6.25. The molecule has 0 aliphatic heterocycles. The molecule has 0 atom stereocenters. The van der Waals surface area contributed by atoms with Crippen LogP contribution in [0.2, 0.25) is 15.1 Å². The lowest BCUT2D eigenvalue weighted by Gasteiger charge is -2.05. The Hall–Kier alpha value is -3.64. The molecule has 0 bridgehead atoms. The second-order valence-corrected chi connectivity index (χ2v) is 8.66. The van der Waals surface area contributed by atoms with Gasteiger partial charge in [0.05, 0.1) is 31.9 Å². The molecule has 4 aromatic carbocycles. The highest BCUT2D eigenvalue weighted by molar-refractivity contribution is 6.43. The van der Waals surface area contributed by atoms with Gasteiger partial charge in [0.15, 0.2) is 5.58 Å². The fourth-order valence-corrected chi connectivity index (χ4v) is 3.93. The van der Waals surface area contributed by atoms with Gasteiger partial charge in [-0.05, 0) is 72.3 Å². The lowest BCUT2D eigenvalue weighted by Crippen LogP contribution is -2.08. The van der Waals surface area contributed by atoms with E-state index in [1.165, 1.54) is 0 Å². The van der Waals surface area contributed by atoms with Gasteiger partial charge in [0.1, 0.15) is 11.3 Å². The smallest absolute Gasteiger partial charge is 0.345 e. The van der Waals surface area contributed by atoms with Crippen LogP contribution in [0.25, 0.3) is 22.6 Å². The molecule has 0 aliphatic carbocycles. The average molecular weight is 522 g/mol. The first kappa shape index (κ1) is 23.1. The highest BCUT2D eigenvalue weighted by Crippen LogP contribution is 2.35. The van der Waals surface area contributed by atoms with Gasteiger partial charge in [-0.2, -0.15) is 0 Å². The normalized spacial score (nSPS) is 11.3. The molecule has 35 heavy (non-hydrogen) atoms. The van der Waals surface area contributed by atoms with E-state index in [4.69, 9.17) is 44.0 Å². The number of halogens is 3. The number of nitrogens with zero attached hydrogens (tertiary/aromatic N) is 2. The number of ether oxygens (including phenoxy) is 1. The Kier molecular flexibility index (Phi) is 6.55. The molecule has 0 radical (unpaired) electrons. The van der Waals surface area contributed by atoms with Crippen molar-refractivity contribution in [3.8, 4) is 17.2 Å². The van der Waals surface area contributed by atoms with Crippen LogP contribution < -0.4 is 4.74 Å². The molecule has 0 N–H and O–H groups in total. The molecular formula is C27H15Cl3N2O3. The molecule has 8 heteroatoms. The minimum absolute atomic E-state index is 0.309. The van der Waals surface area contributed by atoms with Crippen molar-refractivity contribution in [3.63, 3.8) is 0 Å². The Labute approximate surface area is 215 Å². The monoisotopic (exact) mass is 520 g/mol. The second kappa shape index (κ2) is 9.92. The minimum atomic E-state index is -0.517. The Morgan fingerprint density at radius 3 is 2.46 bits per heavy atom. The minimum Gasteiger partial charge on any atom is -0.436 e. The summed E-state index contributed by atoms with van der Waals surface area (Å²) in [6, 6.07) is 24.5. The molecule has 172 valence electrons. The van der Waals surface area contributed by atoms with E-state index < -0.39 is 5.97 Å². The van der Waals surface area contributed by atoms with E-state index in [9.17, 15) is 4.79 Å². The number of carbonyl (C=O) groups is 1. The van der Waals surface area contributed by atoms with Gasteiger partial charge < -0.3 is 9.15 Å². The number of hydrogen-bond donors (Lipinski definition) is 0. The summed E-state index contributed by atoms with van der Waals surface area (Å²) in [5.74, 6) is 0.273. The van der Waals surface area contributed by atoms with Crippen molar-refractivity contribution in [1.29, 1.82) is 0 Å². The molecule has 0 saturated heterocycles. The predicted octanol–water partition coefficient (Wildman–Crippen LogP) is 8.42. The van der Waals surface area contributed by atoms with Gasteiger partial charge >= 0.3 is 5.97 Å². The standard InChI is InChI=1S/C27H15Cl3N2O3/c28-21-6-2-1-4-19(21)27(33)34-18-11-8-16(9-12-18)15-31-17-10-13-24-23(14-17)32-26(35-24)20-5-3-7-22(29)25(20)30/h1-15H. The molecule has 1 aromatic heterocycles. The molecule has 5 nitrogen and oxygen atoms in total. The SMILES string of the molecule is O=C(Oc1ccc(C=Nc2ccc3oc(-c4cccc(Cl)c4Cl)nc3c2)cc1)c1ccccc1Cl. The quantitative estimate of drug-likeness (QED) is 0.132. The van der Waals surface area contributed by atoms with Gasteiger partial charge in [0.2, 0.25) is 5.89 Å². The summed E-state index contributed by atoms with van der Waals surface area (Å²) in [6.45, 7) is 0. The second-order valence-electron chi connectivity index (χ2n) is 7.47. The zero-order valence-corrected chi connectivity index (χ0v) is 20.2. The van der Waals surface area contributed by atoms with Crippen LogP contribution >= 0.6 is 34.8 Å². The largest absolute Gasteiger partial charge is 0.436 e. The van der Waals surface area contributed by atoms with Crippen molar-refractivity contribution in [2.75, 3.05) is 0 Å². The third kappa shape index (κ3) is 5.08. The van der Waals surface area contributed by atoms with Gasteiger partial charge in [-0.15, -0.1) is 0 Å². The highest BCUT2D eigenvalue weighted by Gasteiger charge is 2.14.